The van der Waals surface area contributed by atoms with Crippen LogP contribution in [-0.2, 0) is 14.9 Å². The van der Waals surface area contributed by atoms with Gasteiger partial charge in [-0.3, -0.25) is 9.78 Å². The largest absolute Gasteiger partial charge is 0.380 e. The van der Waals surface area contributed by atoms with Crippen molar-refractivity contribution in [1.82, 2.24) is 4.98 Å². The molecule has 25 heavy (non-hydrogen) atoms. The molecule has 132 valence electrons. The fourth-order valence-electron chi connectivity index (χ4n) is 4.72. The minimum atomic E-state index is -3.92. The summed E-state index contributed by atoms with van der Waals surface area (Å²) in [5.74, 6) is 0.296. The second kappa shape index (κ2) is 5.27. The van der Waals surface area contributed by atoms with Crippen molar-refractivity contribution in [1.29, 1.82) is 0 Å². The lowest BCUT2D eigenvalue weighted by atomic mass is 9.70. The number of pyridine rings is 1. The number of hydrogen-bond acceptors (Lipinski definition) is 5. The smallest absolute Gasteiger partial charge is 0.310 e. The van der Waals surface area contributed by atoms with Gasteiger partial charge in [-0.2, -0.15) is 8.42 Å². The molecule has 0 N–H and O–H groups in total. The van der Waals surface area contributed by atoms with Crippen LogP contribution in [0.5, 0.6) is 5.75 Å². The molecule has 5 nitrogen and oxygen atoms in total. The molecular weight excluding hydrogens is 338 g/mol. The number of nitrogens with zero attached hydrogens (tertiary/aromatic N) is 1. The van der Waals surface area contributed by atoms with Gasteiger partial charge < -0.3 is 4.18 Å². The van der Waals surface area contributed by atoms with Gasteiger partial charge in [-0.1, -0.05) is 32.0 Å². The van der Waals surface area contributed by atoms with Gasteiger partial charge in [-0.25, -0.2) is 0 Å². The predicted octanol–water partition coefficient (Wildman–Crippen LogP) is 3.34. The van der Waals surface area contributed by atoms with Crippen LogP contribution in [0.15, 0.2) is 36.5 Å². The molecule has 2 bridgehead atoms. The highest BCUT2D eigenvalue weighted by Gasteiger charge is 2.65. The molecule has 1 heterocycles. The summed E-state index contributed by atoms with van der Waals surface area (Å²) >= 11 is 0. The fourth-order valence-corrected chi connectivity index (χ4v) is 6.47. The average molecular weight is 359 g/mol. The number of para-hydroxylation sites is 1. The zero-order valence-electron chi connectivity index (χ0n) is 14.4. The van der Waals surface area contributed by atoms with E-state index >= 15 is 0 Å². The Balaban J connectivity index is 1.68. The number of ketones is 1. The van der Waals surface area contributed by atoms with Gasteiger partial charge in [0, 0.05) is 18.0 Å². The second-order valence-corrected chi connectivity index (χ2v) is 9.35. The Hall–Kier alpha value is -1.95. The Morgan fingerprint density at radius 3 is 2.68 bits per heavy atom. The lowest BCUT2D eigenvalue weighted by Gasteiger charge is -2.35. The van der Waals surface area contributed by atoms with Gasteiger partial charge in [0.25, 0.3) is 0 Å². The number of hydrogen-bond donors (Lipinski definition) is 0. The summed E-state index contributed by atoms with van der Waals surface area (Å²) in [5, 5.41) is 0.812. The van der Waals surface area contributed by atoms with Crippen molar-refractivity contribution in [3.8, 4) is 5.75 Å². The number of rotatable bonds is 4. The quantitative estimate of drug-likeness (QED) is 0.783. The Bertz CT molecular complexity index is 961. The van der Waals surface area contributed by atoms with E-state index < -0.39 is 15.5 Å². The van der Waals surface area contributed by atoms with Crippen molar-refractivity contribution < 1.29 is 17.4 Å². The van der Waals surface area contributed by atoms with E-state index in [0.717, 1.165) is 11.8 Å². The third-order valence-corrected chi connectivity index (χ3v) is 7.65. The number of carbonyl (C=O) groups is 1. The summed E-state index contributed by atoms with van der Waals surface area (Å²) in [6.45, 7) is 4.04. The average Bonchev–Trinajstić information content (AvgIpc) is 2.88. The first-order valence-electron chi connectivity index (χ1n) is 8.54. The fraction of sp³-hybridized carbons (Fsp3) is 0.474. The molecule has 6 heteroatoms. The molecule has 1 aromatic carbocycles. The topological polar surface area (TPSA) is 73.3 Å². The summed E-state index contributed by atoms with van der Waals surface area (Å²) < 4.78 is 31.0. The molecule has 0 aliphatic heterocycles. The molecule has 2 aliphatic carbocycles. The molecule has 2 aliphatic rings. The van der Waals surface area contributed by atoms with E-state index in [1.54, 1.807) is 24.4 Å². The lowest BCUT2D eigenvalue weighted by Crippen LogP contribution is -2.43. The third kappa shape index (κ3) is 2.38. The molecule has 0 radical (unpaired) electrons. The van der Waals surface area contributed by atoms with Crippen LogP contribution in [0.3, 0.4) is 0 Å². The van der Waals surface area contributed by atoms with E-state index in [1.165, 1.54) is 0 Å². The number of fused-ring (bicyclic) bond motifs is 3. The van der Waals surface area contributed by atoms with Gasteiger partial charge in [0.1, 0.15) is 11.3 Å². The number of benzene rings is 1. The maximum absolute atomic E-state index is 12.8. The van der Waals surface area contributed by atoms with Crippen molar-refractivity contribution in [3.05, 3.63) is 36.5 Å². The van der Waals surface area contributed by atoms with Crippen LogP contribution in [0, 0.1) is 16.7 Å². The molecule has 2 fully saturated rings. The summed E-state index contributed by atoms with van der Waals surface area (Å²) in [6.07, 6.45) is 3.62. The standard InChI is InChI=1S/C19H21NO4S/c1-18(2)14-8-9-19(18,16(21)11-14)12-25(22,23)24-15-7-3-5-13-6-4-10-20-17(13)15/h3-7,10,14H,8-9,11-12H2,1-2H3/t14-,19-/m1/s1. The zero-order chi connectivity index (χ0) is 17.9. The monoisotopic (exact) mass is 359 g/mol. The maximum atomic E-state index is 12.8. The number of Topliss-reactive ketones (excluding diaryl/α,β-unsaturated/α-hetero) is 1. The van der Waals surface area contributed by atoms with Crippen LogP contribution < -0.4 is 4.18 Å². The van der Waals surface area contributed by atoms with Crippen LogP contribution in [0.25, 0.3) is 10.9 Å². The van der Waals surface area contributed by atoms with Crippen molar-refractivity contribution in [2.45, 2.75) is 33.1 Å². The summed E-state index contributed by atoms with van der Waals surface area (Å²) in [5.41, 5.74) is -0.626. The molecule has 2 saturated carbocycles. The van der Waals surface area contributed by atoms with E-state index in [-0.39, 0.29) is 28.6 Å². The SMILES string of the molecule is CC1(C)[C@@H]2CC[C@@]1(CS(=O)(=O)Oc1cccc3cccnc13)C(=O)C2. The third-order valence-electron chi connectivity index (χ3n) is 6.37. The van der Waals surface area contributed by atoms with Crippen LogP contribution in [0.4, 0.5) is 0 Å². The molecule has 4 rings (SSSR count). The Labute approximate surface area is 147 Å². The van der Waals surface area contributed by atoms with Crippen LogP contribution >= 0.6 is 0 Å². The Kier molecular flexibility index (Phi) is 3.48. The maximum Gasteiger partial charge on any atom is 0.310 e. The summed E-state index contributed by atoms with van der Waals surface area (Å²) in [7, 11) is -3.92. The minimum absolute atomic E-state index is 0.0666. The highest BCUT2D eigenvalue weighted by molar-refractivity contribution is 7.87. The van der Waals surface area contributed by atoms with Crippen molar-refractivity contribution in [3.63, 3.8) is 0 Å². The lowest BCUT2D eigenvalue weighted by molar-refractivity contribution is -0.128. The van der Waals surface area contributed by atoms with Gasteiger partial charge in [0.05, 0.1) is 11.2 Å². The number of carbonyl (C=O) groups excluding carboxylic acids is 1. The first-order chi connectivity index (χ1) is 11.8. The van der Waals surface area contributed by atoms with Crippen molar-refractivity contribution >= 4 is 26.8 Å². The van der Waals surface area contributed by atoms with Gasteiger partial charge in [-0.05, 0) is 36.3 Å². The van der Waals surface area contributed by atoms with Gasteiger partial charge in [0.15, 0.2) is 5.75 Å². The molecule has 0 amide bonds. The predicted molar refractivity (Wildman–Crippen MR) is 94.7 cm³/mol. The number of aromatic nitrogens is 1. The highest BCUT2D eigenvalue weighted by Crippen LogP contribution is 2.64. The van der Waals surface area contributed by atoms with E-state index in [2.05, 4.69) is 4.98 Å². The molecule has 2 aromatic rings. The normalized spacial score (nSPS) is 27.8. The molecule has 0 unspecified atom stereocenters. The highest BCUT2D eigenvalue weighted by atomic mass is 32.2. The molecule has 0 saturated heterocycles. The van der Waals surface area contributed by atoms with Crippen LogP contribution in [-0.4, -0.2) is 24.9 Å². The van der Waals surface area contributed by atoms with Gasteiger partial charge >= 0.3 is 10.1 Å². The van der Waals surface area contributed by atoms with E-state index in [1.807, 2.05) is 26.0 Å². The van der Waals surface area contributed by atoms with Crippen LogP contribution in [0.2, 0.25) is 0 Å². The van der Waals surface area contributed by atoms with E-state index in [0.29, 0.717) is 18.4 Å². The summed E-state index contributed by atoms with van der Waals surface area (Å²) in [6, 6.07) is 8.84. The second-order valence-electron chi connectivity index (χ2n) is 7.78. The zero-order valence-corrected chi connectivity index (χ0v) is 15.2. The van der Waals surface area contributed by atoms with Gasteiger partial charge in [0.2, 0.25) is 0 Å². The molecule has 2 atom stereocenters. The first-order valence-corrected chi connectivity index (χ1v) is 10.1. The molecule has 1 aromatic heterocycles. The van der Waals surface area contributed by atoms with Crippen molar-refractivity contribution in [2.75, 3.05) is 5.75 Å². The molecule has 0 spiro atoms. The van der Waals surface area contributed by atoms with Gasteiger partial charge in [-0.15, -0.1) is 0 Å². The minimum Gasteiger partial charge on any atom is -0.380 e. The Morgan fingerprint density at radius 1 is 1.24 bits per heavy atom. The Morgan fingerprint density at radius 2 is 2.00 bits per heavy atom. The molecular formula is C19H21NO4S. The van der Waals surface area contributed by atoms with E-state index in [9.17, 15) is 13.2 Å². The van der Waals surface area contributed by atoms with Crippen molar-refractivity contribution in [2.24, 2.45) is 16.7 Å². The van der Waals surface area contributed by atoms with E-state index in [4.69, 9.17) is 4.18 Å². The summed E-state index contributed by atoms with van der Waals surface area (Å²) in [4.78, 5) is 16.8. The van der Waals surface area contributed by atoms with Crippen LogP contribution in [0.1, 0.15) is 33.1 Å². The first kappa shape index (κ1) is 16.5.